The number of nitrogens with zero attached hydrogens (tertiary/aromatic N) is 2. The average molecular weight is 442 g/mol. The number of fused-ring (bicyclic) bond motifs is 1. The molecule has 0 atom stereocenters. The number of anilines is 1. The summed E-state index contributed by atoms with van der Waals surface area (Å²) >= 11 is 0. The molecule has 8 nitrogen and oxygen atoms in total. The third-order valence-corrected chi connectivity index (χ3v) is 6.28. The summed E-state index contributed by atoms with van der Waals surface area (Å²) in [6.07, 6.45) is 0.557. The molecule has 1 aromatic heterocycles. The van der Waals surface area contributed by atoms with E-state index in [0.717, 1.165) is 5.56 Å². The molecule has 0 radical (unpaired) electrons. The van der Waals surface area contributed by atoms with Gasteiger partial charge in [0.1, 0.15) is 11.6 Å². The first-order valence-electron chi connectivity index (χ1n) is 9.52. The lowest BCUT2D eigenvalue weighted by atomic mass is 10.1. The molecule has 0 saturated carbocycles. The third kappa shape index (κ3) is 4.64. The molecule has 3 aromatic rings. The molecule has 4 rings (SSSR count). The van der Waals surface area contributed by atoms with Gasteiger partial charge >= 0.3 is 11.8 Å². The molecule has 0 saturated heterocycles. The van der Waals surface area contributed by atoms with Crippen molar-refractivity contribution in [2.75, 3.05) is 11.9 Å². The number of hydrogen-bond acceptors (Lipinski definition) is 5. The molecule has 0 aliphatic carbocycles. The van der Waals surface area contributed by atoms with Gasteiger partial charge in [0.05, 0.1) is 22.9 Å². The van der Waals surface area contributed by atoms with Crippen LogP contribution in [0.25, 0.3) is 5.69 Å². The zero-order chi connectivity index (χ0) is 22.0. The van der Waals surface area contributed by atoms with Gasteiger partial charge in [-0.1, -0.05) is 30.3 Å². The minimum Gasteiger partial charge on any atom is -0.347 e. The van der Waals surface area contributed by atoms with Gasteiger partial charge in [-0.15, -0.1) is 0 Å². The minimum atomic E-state index is -3.38. The molecule has 10 heteroatoms. The van der Waals surface area contributed by atoms with Crippen LogP contribution in [0, 0.1) is 5.82 Å². The number of halogens is 1. The predicted octanol–water partition coefficient (Wildman–Crippen LogP) is 1.74. The van der Waals surface area contributed by atoms with Crippen molar-refractivity contribution in [1.82, 2.24) is 15.1 Å². The number of carbonyl (C=O) groups is 2. The highest BCUT2D eigenvalue weighted by molar-refractivity contribution is 7.90. The summed E-state index contributed by atoms with van der Waals surface area (Å²) in [4.78, 5) is 24.7. The van der Waals surface area contributed by atoms with E-state index in [-0.39, 0.29) is 23.9 Å². The maximum atomic E-state index is 13.3. The van der Waals surface area contributed by atoms with Crippen LogP contribution in [0.5, 0.6) is 0 Å². The van der Waals surface area contributed by atoms with Crippen molar-refractivity contribution in [1.29, 1.82) is 0 Å². The highest BCUT2D eigenvalue weighted by Gasteiger charge is 2.33. The number of aromatic nitrogens is 2. The first-order chi connectivity index (χ1) is 14.8. The van der Waals surface area contributed by atoms with Crippen LogP contribution in [0.4, 0.5) is 10.2 Å². The Morgan fingerprint density at radius 1 is 1.00 bits per heavy atom. The minimum absolute atomic E-state index is 0.0888. The van der Waals surface area contributed by atoms with Gasteiger partial charge in [0, 0.05) is 12.1 Å². The Bertz CT molecular complexity index is 1240. The summed E-state index contributed by atoms with van der Waals surface area (Å²) in [5.74, 6) is -2.71. The lowest BCUT2D eigenvalue weighted by Gasteiger charge is -2.11. The molecule has 0 fully saturated rings. The highest BCUT2D eigenvalue weighted by Crippen LogP contribution is 2.32. The SMILES string of the molecule is O=C(NCCc1ccccc1)C(=O)Nc1c2c(nn1-c1ccc(F)cc1)CS(=O)(=O)C2. The Morgan fingerprint density at radius 2 is 1.71 bits per heavy atom. The van der Waals surface area contributed by atoms with E-state index < -0.39 is 27.5 Å². The van der Waals surface area contributed by atoms with E-state index in [0.29, 0.717) is 23.4 Å². The van der Waals surface area contributed by atoms with E-state index in [1.54, 1.807) is 0 Å². The summed E-state index contributed by atoms with van der Waals surface area (Å²) in [5, 5.41) is 9.30. The van der Waals surface area contributed by atoms with Crippen LogP contribution in [0.15, 0.2) is 54.6 Å². The Labute approximate surface area is 178 Å². The Kier molecular flexibility index (Phi) is 5.55. The maximum Gasteiger partial charge on any atom is 0.314 e. The van der Waals surface area contributed by atoms with E-state index in [2.05, 4.69) is 15.7 Å². The van der Waals surface area contributed by atoms with Gasteiger partial charge in [0.15, 0.2) is 9.84 Å². The standard InChI is InChI=1S/C21H19FN4O4S/c22-15-6-8-16(9-7-15)26-19(17-12-31(29,30)13-18(17)25-26)24-21(28)20(27)23-11-10-14-4-2-1-3-5-14/h1-9H,10-13H2,(H,23,27)(H,24,28). The molecule has 1 aliphatic heterocycles. The smallest absolute Gasteiger partial charge is 0.314 e. The number of benzene rings is 2. The number of hydrogen-bond donors (Lipinski definition) is 2. The average Bonchev–Trinajstić information content (AvgIpc) is 3.21. The van der Waals surface area contributed by atoms with Crippen LogP contribution >= 0.6 is 0 Å². The number of amides is 2. The zero-order valence-corrected chi connectivity index (χ0v) is 17.2. The van der Waals surface area contributed by atoms with Crippen LogP contribution in [0.1, 0.15) is 16.8 Å². The molecule has 0 spiro atoms. The molecule has 2 N–H and O–H groups in total. The second kappa shape index (κ2) is 8.31. The van der Waals surface area contributed by atoms with Gasteiger partial charge in [0.2, 0.25) is 0 Å². The summed E-state index contributed by atoms with van der Waals surface area (Å²) in [5.41, 5.74) is 2.06. The second-order valence-corrected chi connectivity index (χ2v) is 9.20. The molecular weight excluding hydrogens is 423 g/mol. The van der Waals surface area contributed by atoms with Crippen LogP contribution < -0.4 is 10.6 Å². The largest absolute Gasteiger partial charge is 0.347 e. The monoisotopic (exact) mass is 442 g/mol. The van der Waals surface area contributed by atoms with Crippen LogP contribution in [0.3, 0.4) is 0 Å². The zero-order valence-electron chi connectivity index (χ0n) is 16.3. The van der Waals surface area contributed by atoms with Crippen molar-refractivity contribution in [3.8, 4) is 5.69 Å². The van der Waals surface area contributed by atoms with E-state index in [1.807, 2.05) is 30.3 Å². The van der Waals surface area contributed by atoms with E-state index >= 15 is 0 Å². The molecule has 0 unspecified atom stereocenters. The Balaban J connectivity index is 1.52. The van der Waals surface area contributed by atoms with Crippen molar-refractivity contribution in [3.63, 3.8) is 0 Å². The number of rotatable bonds is 5. The topological polar surface area (TPSA) is 110 Å². The molecule has 2 aromatic carbocycles. The van der Waals surface area contributed by atoms with Gasteiger partial charge in [-0.3, -0.25) is 9.59 Å². The highest BCUT2D eigenvalue weighted by atomic mass is 32.2. The van der Waals surface area contributed by atoms with Crippen LogP contribution in [-0.2, 0) is 37.4 Å². The summed E-state index contributed by atoms with van der Waals surface area (Å²) in [6, 6.07) is 14.8. The van der Waals surface area contributed by atoms with E-state index in [1.165, 1.54) is 28.9 Å². The molecule has 1 aliphatic rings. The fourth-order valence-corrected chi connectivity index (χ4v) is 4.84. The number of sulfone groups is 1. The van der Waals surface area contributed by atoms with Gasteiger partial charge in [-0.25, -0.2) is 17.5 Å². The van der Waals surface area contributed by atoms with Crippen LogP contribution in [0.2, 0.25) is 0 Å². The summed E-state index contributed by atoms with van der Waals surface area (Å²) < 4.78 is 38.6. The first-order valence-corrected chi connectivity index (χ1v) is 11.3. The molecule has 2 heterocycles. The quantitative estimate of drug-likeness (QED) is 0.585. The van der Waals surface area contributed by atoms with Gasteiger partial charge in [0.25, 0.3) is 0 Å². The van der Waals surface area contributed by atoms with Crippen LogP contribution in [-0.4, -0.2) is 36.6 Å². The maximum absolute atomic E-state index is 13.3. The Hall–Kier alpha value is -3.53. The Morgan fingerprint density at radius 3 is 2.42 bits per heavy atom. The number of carbonyl (C=O) groups excluding carboxylic acids is 2. The lowest BCUT2D eigenvalue weighted by molar-refractivity contribution is -0.136. The van der Waals surface area contributed by atoms with E-state index in [9.17, 15) is 22.4 Å². The molecule has 0 bridgehead atoms. The summed E-state index contributed by atoms with van der Waals surface area (Å²) in [6.45, 7) is 0.264. The van der Waals surface area contributed by atoms with Gasteiger partial charge in [-0.05, 0) is 36.2 Å². The van der Waals surface area contributed by atoms with E-state index in [4.69, 9.17) is 0 Å². The third-order valence-electron chi connectivity index (χ3n) is 4.84. The molecular formula is C21H19FN4O4S. The molecule has 160 valence electrons. The first kappa shape index (κ1) is 20.7. The predicted molar refractivity (Wildman–Crippen MR) is 112 cm³/mol. The fourth-order valence-electron chi connectivity index (χ4n) is 3.35. The summed E-state index contributed by atoms with van der Waals surface area (Å²) in [7, 11) is -3.38. The fraction of sp³-hybridized carbons (Fsp3) is 0.190. The van der Waals surface area contributed by atoms with Gasteiger partial charge < -0.3 is 10.6 Å². The molecule has 31 heavy (non-hydrogen) atoms. The molecule has 2 amide bonds. The van der Waals surface area contributed by atoms with Gasteiger partial charge in [-0.2, -0.15) is 5.10 Å². The van der Waals surface area contributed by atoms with Crippen molar-refractivity contribution in [2.24, 2.45) is 0 Å². The second-order valence-electron chi connectivity index (χ2n) is 7.14. The van der Waals surface area contributed by atoms with Crippen molar-refractivity contribution >= 4 is 27.5 Å². The van der Waals surface area contributed by atoms with Crippen molar-refractivity contribution in [3.05, 3.63) is 77.2 Å². The normalized spacial score (nSPS) is 14.1. The number of nitrogens with one attached hydrogen (secondary N) is 2. The van der Waals surface area contributed by atoms with Crippen molar-refractivity contribution in [2.45, 2.75) is 17.9 Å². The lowest BCUT2D eigenvalue weighted by Crippen LogP contribution is -2.37. The van der Waals surface area contributed by atoms with Crippen molar-refractivity contribution < 1.29 is 22.4 Å².